The van der Waals surface area contributed by atoms with Crippen LogP contribution in [0.15, 0.2) is 12.1 Å². The normalized spacial score (nSPS) is 16.9. The Labute approximate surface area is 108 Å². The molecule has 1 aromatic rings. The van der Waals surface area contributed by atoms with Gasteiger partial charge in [0.1, 0.15) is 0 Å². The Morgan fingerprint density at radius 2 is 2.12 bits per heavy atom. The van der Waals surface area contributed by atoms with Crippen LogP contribution in [0.5, 0.6) is 0 Å². The van der Waals surface area contributed by atoms with E-state index in [4.69, 9.17) is 0 Å². The fourth-order valence-corrected chi connectivity index (χ4v) is 3.86. The molecule has 0 N–H and O–H groups in total. The fraction of sp³-hybridized carbons (Fsp3) is 0.545. The molecule has 0 bridgehead atoms. The minimum absolute atomic E-state index is 0.0487. The van der Waals surface area contributed by atoms with Crippen LogP contribution in [0.1, 0.15) is 28.9 Å². The first-order valence-corrected chi connectivity index (χ1v) is 7.49. The summed E-state index contributed by atoms with van der Waals surface area (Å²) in [4.78, 5) is 22.5. The number of hydrogen-bond donors (Lipinski definition) is 0. The maximum atomic E-state index is 11.9. The number of hydrogen-bond acceptors (Lipinski definition) is 5. The summed E-state index contributed by atoms with van der Waals surface area (Å²) >= 11 is 2.92. The lowest BCUT2D eigenvalue weighted by molar-refractivity contribution is -0.380. The average Bonchev–Trinajstić information content (AvgIpc) is 2.79. The molecule has 0 aromatic carbocycles. The molecule has 0 radical (unpaired) electrons. The zero-order chi connectivity index (χ0) is 12.3. The molecule has 0 saturated carbocycles. The van der Waals surface area contributed by atoms with E-state index in [-0.39, 0.29) is 10.8 Å². The van der Waals surface area contributed by atoms with Gasteiger partial charge in [-0.2, -0.15) is 11.8 Å². The Hall–Kier alpha value is -0.880. The van der Waals surface area contributed by atoms with Gasteiger partial charge in [-0.3, -0.25) is 14.9 Å². The largest absolute Gasteiger partial charge is 0.324 e. The lowest BCUT2D eigenvalue weighted by Crippen LogP contribution is -2.13. The van der Waals surface area contributed by atoms with E-state index >= 15 is 0 Å². The molecule has 1 aliphatic heterocycles. The van der Waals surface area contributed by atoms with Gasteiger partial charge in [0, 0.05) is 12.5 Å². The van der Waals surface area contributed by atoms with Crippen LogP contribution in [0.2, 0.25) is 0 Å². The van der Waals surface area contributed by atoms with Crippen LogP contribution in [0.3, 0.4) is 0 Å². The third-order valence-electron chi connectivity index (χ3n) is 2.86. The average molecular weight is 271 g/mol. The summed E-state index contributed by atoms with van der Waals surface area (Å²) in [6.45, 7) is 0. The molecule has 17 heavy (non-hydrogen) atoms. The number of carbonyl (C=O) groups excluding carboxylic acids is 1. The van der Waals surface area contributed by atoms with Crippen LogP contribution in [-0.2, 0) is 0 Å². The number of thioether (sulfide) groups is 1. The zero-order valence-electron chi connectivity index (χ0n) is 9.26. The second-order valence-corrected chi connectivity index (χ2v) is 6.37. The Morgan fingerprint density at radius 1 is 1.41 bits per heavy atom. The minimum atomic E-state index is -0.446. The van der Waals surface area contributed by atoms with Crippen molar-refractivity contribution in [2.45, 2.75) is 19.3 Å². The standard InChI is InChI=1S/C11H13NO3S2/c13-9(7-8-3-5-16-6-4-8)10-1-2-11(17-10)12(14)15/h1-2,8H,3-7H2. The van der Waals surface area contributed by atoms with Crippen LogP contribution in [-0.4, -0.2) is 22.2 Å². The summed E-state index contributed by atoms with van der Waals surface area (Å²) in [7, 11) is 0. The number of rotatable bonds is 4. The van der Waals surface area contributed by atoms with Crippen LogP contribution in [0.4, 0.5) is 5.00 Å². The molecular formula is C11H13NO3S2. The fourth-order valence-electron chi connectivity index (χ4n) is 1.89. The van der Waals surface area contributed by atoms with Gasteiger partial charge in [0.2, 0.25) is 0 Å². The SMILES string of the molecule is O=C(CC1CCSCC1)c1ccc([N+](=O)[O-])s1. The van der Waals surface area contributed by atoms with Crippen molar-refractivity contribution in [1.29, 1.82) is 0 Å². The number of carbonyl (C=O) groups is 1. The first-order valence-electron chi connectivity index (χ1n) is 5.52. The molecule has 1 saturated heterocycles. The van der Waals surface area contributed by atoms with Crippen LogP contribution >= 0.6 is 23.1 Å². The van der Waals surface area contributed by atoms with Gasteiger partial charge in [-0.05, 0) is 36.3 Å². The highest BCUT2D eigenvalue weighted by molar-refractivity contribution is 7.99. The van der Waals surface area contributed by atoms with Crippen LogP contribution in [0, 0.1) is 16.0 Å². The van der Waals surface area contributed by atoms with Gasteiger partial charge in [-0.15, -0.1) is 0 Å². The first kappa shape index (κ1) is 12.6. The topological polar surface area (TPSA) is 60.2 Å². The smallest absolute Gasteiger partial charge is 0.293 e. The molecule has 92 valence electrons. The van der Waals surface area contributed by atoms with Gasteiger partial charge >= 0.3 is 5.00 Å². The molecule has 4 nitrogen and oxygen atoms in total. The Kier molecular flexibility index (Phi) is 4.17. The third kappa shape index (κ3) is 3.29. The Bertz CT molecular complexity index is 424. The lowest BCUT2D eigenvalue weighted by atomic mass is 9.96. The Morgan fingerprint density at radius 3 is 2.71 bits per heavy atom. The van der Waals surface area contributed by atoms with Crippen molar-refractivity contribution in [2.75, 3.05) is 11.5 Å². The molecule has 0 aliphatic carbocycles. The third-order valence-corrected chi connectivity index (χ3v) is 4.99. The van der Waals surface area contributed by atoms with Gasteiger partial charge in [0.25, 0.3) is 0 Å². The predicted octanol–water partition coefficient (Wildman–Crippen LogP) is 3.37. The van der Waals surface area contributed by atoms with Gasteiger partial charge in [0.05, 0.1) is 9.80 Å². The molecule has 0 atom stereocenters. The summed E-state index contributed by atoms with van der Waals surface area (Å²) in [5.74, 6) is 2.77. The van der Waals surface area contributed by atoms with E-state index in [1.165, 1.54) is 6.07 Å². The minimum Gasteiger partial charge on any atom is -0.293 e. The van der Waals surface area contributed by atoms with E-state index in [0.717, 1.165) is 35.7 Å². The van der Waals surface area contributed by atoms with Crippen molar-refractivity contribution in [3.63, 3.8) is 0 Å². The number of ketones is 1. The van der Waals surface area contributed by atoms with Gasteiger partial charge in [-0.1, -0.05) is 11.3 Å². The summed E-state index contributed by atoms with van der Waals surface area (Å²) in [5.41, 5.74) is 0. The van der Waals surface area contributed by atoms with Crippen molar-refractivity contribution >= 4 is 33.9 Å². The highest BCUT2D eigenvalue weighted by atomic mass is 32.2. The second kappa shape index (κ2) is 5.64. The predicted molar refractivity (Wildman–Crippen MR) is 70.0 cm³/mol. The number of nitro groups is 1. The summed E-state index contributed by atoms with van der Waals surface area (Å²) in [6, 6.07) is 2.98. The summed E-state index contributed by atoms with van der Waals surface area (Å²) < 4.78 is 0. The molecule has 2 heterocycles. The molecule has 1 aliphatic rings. The van der Waals surface area contributed by atoms with E-state index in [9.17, 15) is 14.9 Å². The molecule has 0 spiro atoms. The van der Waals surface area contributed by atoms with Crippen molar-refractivity contribution in [3.8, 4) is 0 Å². The van der Waals surface area contributed by atoms with E-state index in [2.05, 4.69) is 0 Å². The van der Waals surface area contributed by atoms with Crippen molar-refractivity contribution in [2.24, 2.45) is 5.92 Å². The first-order chi connectivity index (χ1) is 8.16. The summed E-state index contributed by atoms with van der Waals surface area (Å²) in [5, 5.41) is 10.6. The van der Waals surface area contributed by atoms with Crippen molar-refractivity contribution in [3.05, 3.63) is 27.1 Å². The Balaban J connectivity index is 1.96. The molecule has 0 unspecified atom stereocenters. The van der Waals surface area contributed by atoms with Crippen molar-refractivity contribution < 1.29 is 9.72 Å². The zero-order valence-corrected chi connectivity index (χ0v) is 10.9. The number of thiophene rings is 1. The highest BCUT2D eigenvalue weighted by Crippen LogP contribution is 2.29. The van der Waals surface area contributed by atoms with Gasteiger partial charge < -0.3 is 0 Å². The molecule has 0 amide bonds. The maximum absolute atomic E-state index is 11.9. The van der Waals surface area contributed by atoms with Gasteiger partial charge in [0.15, 0.2) is 5.78 Å². The highest BCUT2D eigenvalue weighted by Gasteiger charge is 2.21. The van der Waals surface area contributed by atoms with Crippen molar-refractivity contribution in [1.82, 2.24) is 0 Å². The van der Waals surface area contributed by atoms with E-state index in [0.29, 0.717) is 17.2 Å². The molecule has 2 rings (SSSR count). The van der Waals surface area contributed by atoms with E-state index in [1.807, 2.05) is 11.8 Å². The van der Waals surface area contributed by atoms with E-state index < -0.39 is 4.92 Å². The molecule has 1 fully saturated rings. The van der Waals surface area contributed by atoms with Crippen LogP contribution < -0.4 is 0 Å². The number of Topliss-reactive ketones (excluding diaryl/α,β-unsaturated/α-hetero) is 1. The molecule has 1 aromatic heterocycles. The van der Waals surface area contributed by atoms with Gasteiger partial charge in [-0.25, -0.2) is 0 Å². The van der Waals surface area contributed by atoms with Crippen LogP contribution in [0.25, 0.3) is 0 Å². The summed E-state index contributed by atoms with van der Waals surface area (Å²) in [6.07, 6.45) is 2.71. The quantitative estimate of drug-likeness (QED) is 0.478. The lowest BCUT2D eigenvalue weighted by Gasteiger charge is -2.19. The van der Waals surface area contributed by atoms with E-state index in [1.54, 1.807) is 6.07 Å². The second-order valence-electron chi connectivity index (χ2n) is 4.08. The molecular weight excluding hydrogens is 258 g/mol. The molecule has 6 heteroatoms. The number of nitrogens with zero attached hydrogens (tertiary/aromatic N) is 1. The maximum Gasteiger partial charge on any atom is 0.324 e. The monoisotopic (exact) mass is 271 g/mol.